The van der Waals surface area contributed by atoms with Crippen molar-refractivity contribution in [2.45, 2.75) is 28.6 Å². The molecule has 0 fully saturated rings. The number of thiophene rings is 1. The molecular weight excluding hydrogens is 414 g/mol. The number of hydrogen-bond acceptors (Lipinski definition) is 7. The number of amides is 1. The lowest BCUT2D eigenvalue weighted by Crippen LogP contribution is -2.44. The minimum Gasteiger partial charge on any atom is -0.497 e. The second-order valence-corrected chi connectivity index (χ2v) is 10.2. The van der Waals surface area contributed by atoms with Crippen molar-refractivity contribution in [3.63, 3.8) is 0 Å². The molecule has 12 heteroatoms. The normalized spacial score (nSPS) is 13.1. The second-order valence-electron chi connectivity index (χ2n) is 5.50. The fraction of sp³-hybridized carbons (Fsp3) is 0.267. The summed E-state index contributed by atoms with van der Waals surface area (Å²) in [5.74, 6) is -0.0489. The van der Waals surface area contributed by atoms with Crippen molar-refractivity contribution < 1.29 is 26.4 Å². The molecule has 148 valence electrons. The van der Waals surface area contributed by atoms with E-state index >= 15 is 0 Å². The summed E-state index contributed by atoms with van der Waals surface area (Å²) in [6.07, 6.45) is 0. The maximum Gasteiger partial charge on any atom is 0.247 e. The summed E-state index contributed by atoms with van der Waals surface area (Å²) in [4.78, 5) is 12.7. The molecule has 1 aromatic carbocycles. The maximum atomic E-state index is 12.3. The smallest absolute Gasteiger partial charge is 0.247 e. The Hall–Kier alpha value is -1.99. The van der Waals surface area contributed by atoms with Crippen molar-refractivity contribution in [2.24, 2.45) is 5.14 Å². The molecule has 1 atom stereocenters. The third-order valence-corrected chi connectivity index (χ3v) is 7.53. The molecule has 2 aromatic rings. The number of methoxy groups -OCH3 is 1. The molecular formula is C15H19N3O6S3. The molecule has 1 heterocycles. The van der Waals surface area contributed by atoms with Crippen LogP contribution in [0.2, 0.25) is 0 Å². The summed E-state index contributed by atoms with van der Waals surface area (Å²) in [5.41, 5.74) is 0. The SMILES string of the molecule is COc1ccc(S(=O)(=O)N[C@@H](C)C(=O)NCc2ccc(S(N)(=O)=O)s2)cc1. The van der Waals surface area contributed by atoms with Gasteiger partial charge in [0.2, 0.25) is 26.0 Å². The molecule has 27 heavy (non-hydrogen) atoms. The van der Waals surface area contributed by atoms with Crippen LogP contribution in [-0.2, 0) is 31.4 Å². The van der Waals surface area contributed by atoms with Gasteiger partial charge in [0.25, 0.3) is 0 Å². The number of primary sulfonamides is 1. The van der Waals surface area contributed by atoms with Gasteiger partial charge in [0.15, 0.2) is 0 Å². The minimum atomic E-state index is -3.89. The molecule has 0 saturated heterocycles. The zero-order valence-electron chi connectivity index (χ0n) is 14.5. The van der Waals surface area contributed by atoms with E-state index in [1.807, 2.05) is 0 Å². The van der Waals surface area contributed by atoms with E-state index in [-0.39, 0.29) is 15.6 Å². The predicted octanol–water partition coefficient (Wildman–Crippen LogP) is 0.387. The topological polar surface area (TPSA) is 145 Å². The maximum absolute atomic E-state index is 12.3. The first-order chi connectivity index (χ1) is 12.5. The summed E-state index contributed by atoms with van der Waals surface area (Å²) in [5, 5.41) is 7.57. The number of ether oxygens (including phenoxy) is 1. The van der Waals surface area contributed by atoms with Crippen molar-refractivity contribution >= 4 is 37.3 Å². The van der Waals surface area contributed by atoms with E-state index in [0.717, 1.165) is 11.3 Å². The molecule has 0 spiro atoms. The molecule has 0 saturated carbocycles. The average molecular weight is 434 g/mol. The monoisotopic (exact) mass is 433 g/mol. The molecule has 0 radical (unpaired) electrons. The lowest BCUT2D eigenvalue weighted by molar-refractivity contribution is -0.122. The van der Waals surface area contributed by atoms with Gasteiger partial charge in [-0.3, -0.25) is 4.79 Å². The number of hydrogen-bond donors (Lipinski definition) is 3. The lowest BCUT2D eigenvalue weighted by Gasteiger charge is -2.14. The van der Waals surface area contributed by atoms with Crippen LogP contribution < -0.4 is 19.9 Å². The van der Waals surface area contributed by atoms with E-state index in [2.05, 4.69) is 10.0 Å². The summed E-state index contributed by atoms with van der Waals surface area (Å²) in [6, 6.07) is 7.57. The van der Waals surface area contributed by atoms with Gasteiger partial charge in [0, 0.05) is 4.88 Å². The van der Waals surface area contributed by atoms with Crippen LogP contribution >= 0.6 is 11.3 Å². The highest BCUT2D eigenvalue weighted by molar-refractivity contribution is 7.91. The molecule has 2 rings (SSSR count). The van der Waals surface area contributed by atoms with Crippen molar-refractivity contribution in [1.82, 2.24) is 10.0 Å². The van der Waals surface area contributed by atoms with E-state index in [4.69, 9.17) is 9.88 Å². The third kappa shape index (κ3) is 5.74. The van der Waals surface area contributed by atoms with Crippen LogP contribution in [-0.4, -0.2) is 35.9 Å². The third-order valence-electron chi connectivity index (χ3n) is 3.45. The van der Waals surface area contributed by atoms with Crippen LogP contribution in [0, 0.1) is 0 Å². The highest BCUT2D eigenvalue weighted by atomic mass is 32.2. The van der Waals surface area contributed by atoms with Crippen molar-refractivity contribution in [3.8, 4) is 5.75 Å². The fourth-order valence-electron chi connectivity index (χ4n) is 2.04. The Morgan fingerprint density at radius 3 is 2.30 bits per heavy atom. The van der Waals surface area contributed by atoms with Crippen molar-refractivity contribution in [1.29, 1.82) is 0 Å². The van der Waals surface area contributed by atoms with E-state index in [9.17, 15) is 21.6 Å². The van der Waals surface area contributed by atoms with Crippen LogP contribution in [0.25, 0.3) is 0 Å². The Morgan fingerprint density at radius 2 is 1.78 bits per heavy atom. The van der Waals surface area contributed by atoms with Crippen molar-refractivity contribution in [2.75, 3.05) is 7.11 Å². The first kappa shape index (κ1) is 21.3. The highest BCUT2D eigenvalue weighted by Crippen LogP contribution is 2.20. The van der Waals surface area contributed by atoms with Gasteiger partial charge >= 0.3 is 0 Å². The van der Waals surface area contributed by atoms with Crippen LogP contribution in [0.1, 0.15) is 11.8 Å². The number of benzene rings is 1. The molecule has 4 N–H and O–H groups in total. The van der Waals surface area contributed by atoms with Crippen LogP contribution in [0.5, 0.6) is 5.75 Å². The van der Waals surface area contributed by atoms with Gasteiger partial charge in [-0.2, -0.15) is 4.72 Å². The average Bonchev–Trinajstić information content (AvgIpc) is 3.08. The fourth-order valence-corrected chi connectivity index (χ4v) is 4.96. The summed E-state index contributed by atoms with van der Waals surface area (Å²) in [7, 11) is -6.21. The summed E-state index contributed by atoms with van der Waals surface area (Å²) >= 11 is 0.929. The molecule has 0 aliphatic carbocycles. The molecule has 1 aromatic heterocycles. The van der Waals surface area contributed by atoms with Crippen molar-refractivity contribution in [3.05, 3.63) is 41.3 Å². The van der Waals surface area contributed by atoms with E-state index in [1.54, 1.807) is 0 Å². The quantitative estimate of drug-likeness (QED) is 0.549. The van der Waals surface area contributed by atoms with E-state index < -0.39 is 32.0 Å². The number of sulfonamides is 2. The highest BCUT2D eigenvalue weighted by Gasteiger charge is 2.22. The molecule has 0 bridgehead atoms. The standard InChI is InChI=1S/C15H19N3O6S3/c1-10(18-27(22,23)13-6-3-11(24-2)4-7-13)15(19)17-9-12-5-8-14(25-12)26(16,20)21/h3-8,10,18H,9H2,1-2H3,(H,17,19)(H2,16,20,21)/t10-/m0/s1. The van der Waals surface area contributed by atoms with Gasteiger partial charge in [-0.25, -0.2) is 22.0 Å². The molecule has 0 aliphatic heterocycles. The molecule has 1 amide bonds. The van der Waals surface area contributed by atoms with Gasteiger partial charge < -0.3 is 10.1 Å². The first-order valence-corrected chi connectivity index (χ1v) is 11.4. The Labute approximate surface area is 161 Å². The Balaban J connectivity index is 1.97. The Kier molecular flexibility index (Phi) is 6.59. The number of rotatable bonds is 8. The van der Waals surface area contributed by atoms with Crippen LogP contribution in [0.4, 0.5) is 0 Å². The zero-order chi connectivity index (χ0) is 20.2. The predicted molar refractivity (Wildman–Crippen MR) is 100 cm³/mol. The van der Waals surface area contributed by atoms with E-state index in [1.165, 1.54) is 50.4 Å². The molecule has 0 aliphatic rings. The number of carbonyl (C=O) groups is 1. The summed E-state index contributed by atoms with van der Waals surface area (Å²) in [6.45, 7) is 1.45. The first-order valence-electron chi connectivity index (χ1n) is 7.58. The summed E-state index contributed by atoms with van der Waals surface area (Å²) < 4.78 is 54.4. The van der Waals surface area contributed by atoms with Gasteiger partial charge in [-0.05, 0) is 43.3 Å². The van der Waals surface area contributed by atoms with Gasteiger partial charge in [-0.15, -0.1) is 11.3 Å². The zero-order valence-corrected chi connectivity index (χ0v) is 16.9. The number of nitrogens with two attached hydrogens (primary N) is 1. The molecule has 0 unspecified atom stereocenters. The largest absolute Gasteiger partial charge is 0.497 e. The minimum absolute atomic E-state index is 0.000925. The number of carbonyl (C=O) groups excluding carboxylic acids is 1. The number of nitrogens with one attached hydrogen (secondary N) is 2. The second kappa shape index (κ2) is 8.35. The van der Waals surface area contributed by atoms with Gasteiger partial charge in [-0.1, -0.05) is 0 Å². The van der Waals surface area contributed by atoms with Crippen LogP contribution in [0.3, 0.4) is 0 Å². The lowest BCUT2D eigenvalue weighted by atomic mass is 10.3. The molecule has 9 nitrogen and oxygen atoms in total. The Bertz CT molecular complexity index is 1010. The van der Waals surface area contributed by atoms with Crippen LogP contribution in [0.15, 0.2) is 45.5 Å². The van der Waals surface area contributed by atoms with Gasteiger partial charge in [0.05, 0.1) is 24.6 Å². The van der Waals surface area contributed by atoms with Gasteiger partial charge in [0.1, 0.15) is 9.96 Å². The Morgan fingerprint density at radius 1 is 1.15 bits per heavy atom. The van der Waals surface area contributed by atoms with E-state index in [0.29, 0.717) is 10.6 Å².